The Bertz CT molecular complexity index is 251. The maximum absolute atomic E-state index is 10.3. The maximum Gasteiger partial charge on any atom is 0.303 e. The second-order valence-electron chi connectivity index (χ2n) is 5.48. The highest BCUT2D eigenvalue weighted by atomic mass is 28.4. The second-order valence-corrected chi connectivity index (χ2v) is 10.3. The first kappa shape index (κ1) is 15.4. The van der Waals surface area contributed by atoms with Crippen molar-refractivity contribution in [2.24, 2.45) is 0 Å². The molecule has 0 aliphatic carbocycles. The van der Waals surface area contributed by atoms with E-state index in [-0.39, 0.29) is 11.5 Å². The minimum absolute atomic E-state index is 0.191. The molecule has 0 rings (SSSR count). The molecule has 0 aliphatic rings. The number of carboxylic acid groups (broad SMARTS) is 1. The van der Waals surface area contributed by atoms with Crippen molar-refractivity contribution in [3.05, 3.63) is 12.2 Å². The Hall–Kier alpha value is -0.613. The van der Waals surface area contributed by atoms with Gasteiger partial charge in [0.15, 0.2) is 8.32 Å². The Morgan fingerprint density at radius 2 is 1.88 bits per heavy atom. The van der Waals surface area contributed by atoms with Gasteiger partial charge in [-0.1, -0.05) is 32.9 Å². The quantitative estimate of drug-likeness (QED) is 0.575. The first-order valence-corrected chi connectivity index (χ1v) is 8.58. The van der Waals surface area contributed by atoms with Crippen LogP contribution in [-0.2, 0) is 9.22 Å². The molecule has 0 aliphatic heterocycles. The van der Waals surface area contributed by atoms with Gasteiger partial charge in [-0.25, -0.2) is 0 Å². The van der Waals surface area contributed by atoms with Gasteiger partial charge in [0.1, 0.15) is 0 Å². The van der Waals surface area contributed by atoms with Gasteiger partial charge in [-0.2, -0.15) is 0 Å². The van der Waals surface area contributed by atoms with E-state index in [0.29, 0.717) is 13.0 Å². The fourth-order valence-electron chi connectivity index (χ4n) is 0.866. The van der Waals surface area contributed by atoms with E-state index in [4.69, 9.17) is 9.53 Å². The number of carbonyl (C=O) groups is 1. The zero-order chi connectivity index (χ0) is 12.8. The molecule has 0 radical (unpaired) electrons. The first-order valence-electron chi connectivity index (χ1n) is 5.67. The minimum atomic E-state index is -1.65. The van der Waals surface area contributed by atoms with E-state index in [1.54, 1.807) is 0 Å². The molecule has 0 unspecified atom stereocenters. The molecule has 0 aromatic rings. The van der Waals surface area contributed by atoms with Crippen molar-refractivity contribution >= 4 is 14.3 Å². The molecule has 0 aromatic carbocycles. The summed E-state index contributed by atoms with van der Waals surface area (Å²) in [6, 6.07) is 0. The van der Waals surface area contributed by atoms with Crippen molar-refractivity contribution in [1.82, 2.24) is 0 Å². The van der Waals surface area contributed by atoms with E-state index in [0.717, 1.165) is 0 Å². The third kappa shape index (κ3) is 6.08. The van der Waals surface area contributed by atoms with Crippen LogP contribution in [0.4, 0.5) is 0 Å². The molecule has 0 aromatic heterocycles. The van der Waals surface area contributed by atoms with Crippen LogP contribution in [0, 0.1) is 0 Å². The monoisotopic (exact) mass is 244 g/mol. The standard InChI is InChI=1S/C12H24O3Si/c1-12(2,3)16(4,5)15-10-8-6-7-9-11(13)14/h6,8H,7,9-10H2,1-5H3,(H,13,14). The van der Waals surface area contributed by atoms with Crippen molar-refractivity contribution < 1.29 is 14.3 Å². The van der Waals surface area contributed by atoms with Crippen LogP contribution in [-0.4, -0.2) is 26.0 Å². The molecule has 3 nitrogen and oxygen atoms in total. The molecule has 0 heterocycles. The number of aliphatic carboxylic acids is 1. The summed E-state index contributed by atoms with van der Waals surface area (Å²) in [5.41, 5.74) is 0. The summed E-state index contributed by atoms with van der Waals surface area (Å²) >= 11 is 0. The molecule has 0 atom stereocenters. The third-order valence-corrected chi connectivity index (χ3v) is 7.54. The Labute approximate surface area is 99.6 Å². The van der Waals surface area contributed by atoms with Crippen LogP contribution in [0.1, 0.15) is 33.6 Å². The fourth-order valence-corrected chi connectivity index (χ4v) is 1.81. The molecule has 94 valence electrons. The largest absolute Gasteiger partial charge is 0.481 e. The molecule has 16 heavy (non-hydrogen) atoms. The van der Waals surface area contributed by atoms with Gasteiger partial charge in [0.05, 0.1) is 6.61 Å². The van der Waals surface area contributed by atoms with E-state index in [2.05, 4.69) is 33.9 Å². The zero-order valence-electron chi connectivity index (χ0n) is 11.0. The van der Waals surface area contributed by atoms with Crippen molar-refractivity contribution in [2.45, 2.75) is 51.7 Å². The Morgan fingerprint density at radius 1 is 1.31 bits per heavy atom. The van der Waals surface area contributed by atoms with Gasteiger partial charge in [-0.3, -0.25) is 4.79 Å². The van der Waals surface area contributed by atoms with Gasteiger partial charge in [-0.15, -0.1) is 0 Å². The first-order chi connectivity index (χ1) is 7.17. The van der Waals surface area contributed by atoms with Gasteiger partial charge in [0, 0.05) is 6.42 Å². The molecule has 0 fully saturated rings. The average Bonchev–Trinajstić information content (AvgIpc) is 2.08. The fraction of sp³-hybridized carbons (Fsp3) is 0.750. The van der Waals surface area contributed by atoms with Gasteiger partial charge >= 0.3 is 5.97 Å². The summed E-state index contributed by atoms with van der Waals surface area (Å²) in [6.07, 6.45) is 4.57. The van der Waals surface area contributed by atoms with Crippen LogP contribution in [0.15, 0.2) is 12.2 Å². The van der Waals surface area contributed by atoms with E-state index in [1.165, 1.54) is 0 Å². The van der Waals surface area contributed by atoms with Crippen LogP contribution < -0.4 is 0 Å². The Morgan fingerprint density at radius 3 is 2.31 bits per heavy atom. The third-order valence-electron chi connectivity index (χ3n) is 3.04. The zero-order valence-corrected chi connectivity index (χ0v) is 12.0. The Kier molecular flexibility index (Phi) is 5.97. The molecule has 0 saturated heterocycles. The smallest absolute Gasteiger partial charge is 0.303 e. The van der Waals surface area contributed by atoms with Crippen molar-refractivity contribution in [3.8, 4) is 0 Å². The normalized spacial score (nSPS) is 13.3. The second kappa shape index (κ2) is 6.20. The highest BCUT2D eigenvalue weighted by Crippen LogP contribution is 2.36. The lowest BCUT2D eigenvalue weighted by Crippen LogP contribution is -2.40. The summed E-state index contributed by atoms with van der Waals surface area (Å²) in [4.78, 5) is 10.3. The topological polar surface area (TPSA) is 46.5 Å². The highest BCUT2D eigenvalue weighted by molar-refractivity contribution is 6.74. The summed E-state index contributed by atoms with van der Waals surface area (Å²) in [6.45, 7) is 11.6. The molecule has 0 saturated carbocycles. The van der Waals surface area contributed by atoms with Crippen molar-refractivity contribution in [2.75, 3.05) is 6.61 Å². The van der Waals surface area contributed by atoms with E-state index < -0.39 is 14.3 Å². The summed E-state index contributed by atoms with van der Waals surface area (Å²) in [5, 5.41) is 8.67. The van der Waals surface area contributed by atoms with Gasteiger partial charge in [0.25, 0.3) is 0 Å². The predicted octanol–water partition coefficient (Wildman–Crippen LogP) is 3.43. The van der Waals surface area contributed by atoms with Crippen LogP contribution in [0.3, 0.4) is 0 Å². The molecular formula is C12H24O3Si. The van der Waals surface area contributed by atoms with Crippen LogP contribution in [0.25, 0.3) is 0 Å². The van der Waals surface area contributed by atoms with Crippen molar-refractivity contribution in [1.29, 1.82) is 0 Å². The van der Waals surface area contributed by atoms with E-state index >= 15 is 0 Å². The number of rotatable bonds is 6. The number of carboxylic acids is 1. The van der Waals surface area contributed by atoms with Gasteiger partial charge in [0.2, 0.25) is 0 Å². The van der Waals surface area contributed by atoms with Gasteiger partial charge in [-0.05, 0) is 24.6 Å². The SMILES string of the molecule is CC(C)(C)[Si](C)(C)OCC=CCCC(=O)O. The van der Waals surface area contributed by atoms with Gasteiger partial charge < -0.3 is 9.53 Å². The lowest BCUT2D eigenvalue weighted by atomic mass is 10.2. The molecule has 0 bridgehead atoms. The van der Waals surface area contributed by atoms with Crippen LogP contribution >= 0.6 is 0 Å². The number of hydrogen-bond donors (Lipinski definition) is 1. The number of hydrogen-bond acceptors (Lipinski definition) is 2. The van der Waals surface area contributed by atoms with Crippen molar-refractivity contribution in [3.63, 3.8) is 0 Å². The molecule has 1 N–H and O–H groups in total. The molecular weight excluding hydrogens is 220 g/mol. The maximum atomic E-state index is 10.3. The van der Waals surface area contributed by atoms with E-state index in [9.17, 15) is 4.79 Å². The van der Waals surface area contributed by atoms with Crippen LogP contribution in [0.5, 0.6) is 0 Å². The molecule has 0 spiro atoms. The van der Waals surface area contributed by atoms with Crippen LogP contribution in [0.2, 0.25) is 18.1 Å². The Balaban J connectivity index is 3.86. The van der Waals surface area contributed by atoms with E-state index in [1.807, 2.05) is 12.2 Å². The predicted molar refractivity (Wildman–Crippen MR) is 69.2 cm³/mol. The average molecular weight is 244 g/mol. The molecule has 4 heteroatoms. The number of allylic oxidation sites excluding steroid dienone is 1. The lowest BCUT2D eigenvalue weighted by molar-refractivity contribution is -0.136. The summed E-state index contributed by atoms with van der Waals surface area (Å²) in [5.74, 6) is -0.755. The lowest BCUT2D eigenvalue weighted by Gasteiger charge is -2.35. The highest BCUT2D eigenvalue weighted by Gasteiger charge is 2.36. The summed E-state index contributed by atoms with van der Waals surface area (Å²) < 4.78 is 5.91. The minimum Gasteiger partial charge on any atom is -0.481 e. The summed E-state index contributed by atoms with van der Waals surface area (Å²) in [7, 11) is -1.65. The molecule has 0 amide bonds.